The van der Waals surface area contributed by atoms with Gasteiger partial charge in [0.1, 0.15) is 12.6 Å². The first-order valence-electron chi connectivity index (χ1n) is 12.8. The molecule has 0 radical (unpaired) electrons. The maximum absolute atomic E-state index is 14.1. The molecule has 0 aliphatic heterocycles. The normalized spacial score (nSPS) is 12.0. The number of rotatable bonds is 13. The van der Waals surface area contributed by atoms with Crippen LogP contribution >= 0.6 is 34.8 Å². The second-order valence-electron chi connectivity index (χ2n) is 9.31. The van der Waals surface area contributed by atoms with Gasteiger partial charge < -0.3 is 10.2 Å². The van der Waals surface area contributed by atoms with Gasteiger partial charge >= 0.3 is 0 Å². The molecule has 0 heterocycles. The fourth-order valence-electron chi connectivity index (χ4n) is 4.15. The lowest BCUT2D eigenvalue weighted by atomic mass is 10.0. The Bertz CT molecular complexity index is 1420. The minimum atomic E-state index is -3.97. The molecule has 11 heteroatoms. The van der Waals surface area contributed by atoms with E-state index in [2.05, 4.69) is 5.32 Å². The average molecular weight is 625 g/mol. The number of unbranched alkanes of at least 4 members (excludes halogenated alkanes) is 1. The van der Waals surface area contributed by atoms with E-state index in [1.807, 2.05) is 37.3 Å². The van der Waals surface area contributed by atoms with Crippen LogP contribution < -0.4 is 9.62 Å². The average Bonchev–Trinajstić information content (AvgIpc) is 2.92. The summed E-state index contributed by atoms with van der Waals surface area (Å²) in [7, 11) is -3.97. The number of hydrogen-bond acceptors (Lipinski definition) is 4. The van der Waals surface area contributed by atoms with Gasteiger partial charge in [-0.3, -0.25) is 13.9 Å². The molecule has 3 aromatic carbocycles. The second-order valence-corrected chi connectivity index (χ2v) is 12.4. The number of nitrogens with one attached hydrogen (secondary N) is 1. The molecule has 7 nitrogen and oxygen atoms in total. The number of anilines is 1. The van der Waals surface area contributed by atoms with Crippen LogP contribution in [0.5, 0.6) is 0 Å². The molecule has 0 aliphatic rings. The van der Waals surface area contributed by atoms with E-state index in [1.165, 1.54) is 17.0 Å². The van der Waals surface area contributed by atoms with Crippen LogP contribution in [-0.4, -0.2) is 50.5 Å². The predicted molar refractivity (Wildman–Crippen MR) is 163 cm³/mol. The van der Waals surface area contributed by atoms with Gasteiger partial charge in [-0.1, -0.05) is 103 Å². The van der Waals surface area contributed by atoms with Gasteiger partial charge in [-0.15, -0.1) is 0 Å². The highest BCUT2D eigenvalue weighted by Gasteiger charge is 2.33. The summed E-state index contributed by atoms with van der Waals surface area (Å²) >= 11 is 19.0. The van der Waals surface area contributed by atoms with Crippen LogP contribution in [0, 0.1) is 0 Å². The highest BCUT2D eigenvalue weighted by atomic mass is 35.5. The summed E-state index contributed by atoms with van der Waals surface area (Å²) in [5.41, 5.74) is 1.52. The van der Waals surface area contributed by atoms with Crippen LogP contribution in [0.3, 0.4) is 0 Å². The van der Waals surface area contributed by atoms with Crippen molar-refractivity contribution >= 4 is 62.3 Å². The number of halogens is 3. The van der Waals surface area contributed by atoms with Gasteiger partial charge in [0.25, 0.3) is 0 Å². The lowest BCUT2D eigenvalue weighted by Gasteiger charge is -2.34. The zero-order valence-corrected chi connectivity index (χ0v) is 25.4. The van der Waals surface area contributed by atoms with E-state index in [-0.39, 0.29) is 34.6 Å². The van der Waals surface area contributed by atoms with Crippen molar-refractivity contribution in [2.24, 2.45) is 0 Å². The van der Waals surface area contributed by atoms with Crippen LogP contribution in [0.25, 0.3) is 0 Å². The van der Waals surface area contributed by atoms with Crippen LogP contribution in [0.1, 0.15) is 30.9 Å². The molecule has 0 unspecified atom stereocenters. The molecule has 0 spiro atoms. The molecule has 3 aromatic rings. The van der Waals surface area contributed by atoms with Crippen molar-refractivity contribution in [3.05, 3.63) is 99.0 Å². The molecule has 0 fully saturated rings. The molecule has 0 saturated heterocycles. The molecular formula is C29H32Cl3N3O4S. The first kappa shape index (κ1) is 31.7. The molecule has 214 valence electrons. The highest BCUT2D eigenvalue weighted by Crippen LogP contribution is 2.34. The quantitative estimate of drug-likeness (QED) is 0.238. The first-order valence-corrected chi connectivity index (χ1v) is 15.8. The molecule has 1 atom stereocenters. The maximum atomic E-state index is 14.1. The van der Waals surface area contributed by atoms with Gasteiger partial charge in [0.05, 0.1) is 22.0 Å². The molecule has 2 amide bonds. The minimum Gasteiger partial charge on any atom is -0.354 e. The summed E-state index contributed by atoms with van der Waals surface area (Å²) in [5, 5.41) is 3.50. The second kappa shape index (κ2) is 14.7. The third-order valence-corrected chi connectivity index (χ3v) is 8.58. The van der Waals surface area contributed by atoms with Gasteiger partial charge in [0.2, 0.25) is 21.8 Å². The largest absolute Gasteiger partial charge is 0.354 e. The molecule has 40 heavy (non-hydrogen) atoms. The van der Waals surface area contributed by atoms with Gasteiger partial charge in [-0.25, -0.2) is 8.42 Å². The third-order valence-electron chi connectivity index (χ3n) is 6.28. The Morgan fingerprint density at radius 3 is 2.20 bits per heavy atom. The zero-order chi connectivity index (χ0) is 29.3. The Kier molecular flexibility index (Phi) is 11.7. The van der Waals surface area contributed by atoms with Crippen molar-refractivity contribution in [2.45, 2.75) is 38.8 Å². The molecule has 0 aromatic heterocycles. The molecule has 0 saturated carbocycles. The lowest BCUT2D eigenvalue weighted by molar-refractivity contribution is -0.140. The number of carbonyl (C=O) groups excluding carboxylic acids is 2. The molecule has 0 aliphatic carbocycles. The number of nitrogens with zero attached hydrogens (tertiary/aromatic N) is 2. The van der Waals surface area contributed by atoms with Crippen LogP contribution in [-0.2, 0) is 32.6 Å². The zero-order valence-electron chi connectivity index (χ0n) is 22.3. The molecule has 0 bridgehead atoms. The van der Waals surface area contributed by atoms with E-state index in [9.17, 15) is 18.0 Å². The predicted octanol–water partition coefficient (Wildman–Crippen LogP) is 5.97. The Labute approximate surface area is 251 Å². The Morgan fingerprint density at radius 2 is 1.55 bits per heavy atom. The SMILES string of the molecule is CCCCNC(=O)[C@H](Cc1ccccc1)N(Cc1ccccc1Cl)C(=O)CN(c1cccc(Cl)c1Cl)S(C)(=O)=O. The van der Waals surface area contributed by atoms with Crippen LogP contribution in [0.4, 0.5) is 5.69 Å². The Balaban J connectivity index is 2.07. The summed E-state index contributed by atoms with van der Waals surface area (Å²) < 4.78 is 26.7. The Morgan fingerprint density at radius 1 is 0.900 bits per heavy atom. The van der Waals surface area contributed by atoms with E-state index >= 15 is 0 Å². The number of amides is 2. The minimum absolute atomic E-state index is 0.00168. The van der Waals surface area contributed by atoms with E-state index in [1.54, 1.807) is 30.3 Å². The summed E-state index contributed by atoms with van der Waals surface area (Å²) in [4.78, 5) is 29.0. The van der Waals surface area contributed by atoms with Gasteiger partial charge in [0.15, 0.2) is 0 Å². The molecule has 1 N–H and O–H groups in total. The first-order chi connectivity index (χ1) is 19.0. The van der Waals surface area contributed by atoms with E-state index in [4.69, 9.17) is 34.8 Å². The summed E-state index contributed by atoms with van der Waals surface area (Å²) in [6, 6.07) is 19.9. The van der Waals surface area contributed by atoms with Crippen molar-refractivity contribution in [1.29, 1.82) is 0 Å². The Hall–Kier alpha value is -2.78. The highest BCUT2D eigenvalue weighted by molar-refractivity contribution is 7.92. The number of benzene rings is 3. The van der Waals surface area contributed by atoms with E-state index in [0.717, 1.165) is 29.0 Å². The fourth-order valence-corrected chi connectivity index (χ4v) is 5.65. The van der Waals surface area contributed by atoms with Crippen molar-refractivity contribution in [1.82, 2.24) is 10.2 Å². The van der Waals surface area contributed by atoms with Crippen LogP contribution in [0.15, 0.2) is 72.8 Å². The van der Waals surface area contributed by atoms with Crippen molar-refractivity contribution in [3.63, 3.8) is 0 Å². The van der Waals surface area contributed by atoms with Gasteiger partial charge in [0, 0.05) is 24.5 Å². The lowest BCUT2D eigenvalue weighted by Crippen LogP contribution is -2.53. The van der Waals surface area contributed by atoms with Crippen molar-refractivity contribution < 1.29 is 18.0 Å². The summed E-state index contributed by atoms with van der Waals surface area (Å²) in [6.45, 7) is 1.85. The number of hydrogen-bond donors (Lipinski definition) is 1. The monoisotopic (exact) mass is 623 g/mol. The summed E-state index contributed by atoms with van der Waals surface area (Å²) in [6.07, 6.45) is 2.85. The fraction of sp³-hybridized carbons (Fsp3) is 0.310. The molecule has 3 rings (SSSR count). The topological polar surface area (TPSA) is 86.8 Å². The maximum Gasteiger partial charge on any atom is 0.244 e. The van der Waals surface area contributed by atoms with Crippen molar-refractivity contribution in [2.75, 3.05) is 23.7 Å². The van der Waals surface area contributed by atoms with E-state index in [0.29, 0.717) is 17.1 Å². The van der Waals surface area contributed by atoms with Crippen LogP contribution in [0.2, 0.25) is 15.1 Å². The standard InChI is InChI=1S/C29H32Cl3N3O4S/c1-3-4-17-33-29(37)26(18-21-11-6-5-7-12-21)34(19-22-13-8-9-14-23(22)30)27(36)20-35(40(2,38)39)25-16-10-15-24(31)28(25)32/h5-16,26H,3-4,17-20H2,1-2H3,(H,33,37)/t26-/m0/s1. The van der Waals surface area contributed by atoms with E-state index < -0.39 is 28.5 Å². The molecular weight excluding hydrogens is 593 g/mol. The van der Waals surface area contributed by atoms with Crippen molar-refractivity contribution in [3.8, 4) is 0 Å². The van der Waals surface area contributed by atoms with Gasteiger partial charge in [-0.05, 0) is 35.7 Å². The third kappa shape index (κ3) is 8.61. The van der Waals surface area contributed by atoms with Gasteiger partial charge in [-0.2, -0.15) is 0 Å². The number of sulfonamides is 1. The number of carbonyl (C=O) groups is 2. The smallest absolute Gasteiger partial charge is 0.244 e. The summed E-state index contributed by atoms with van der Waals surface area (Å²) in [5.74, 6) is -0.947.